The molecule has 3 aromatic heterocycles. The molecule has 0 bridgehead atoms. The fraction of sp³-hybridized carbons (Fsp3) is 0. The van der Waals surface area contributed by atoms with Crippen LogP contribution in [0, 0.1) is 0 Å². The summed E-state index contributed by atoms with van der Waals surface area (Å²) in [7, 11) is 0. The molecule has 0 aliphatic heterocycles. The summed E-state index contributed by atoms with van der Waals surface area (Å²) in [5, 5.41) is 5.76. The highest BCUT2D eigenvalue weighted by molar-refractivity contribution is 7.26. The van der Waals surface area contributed by atoms with Gasteiger partial charge in [0, 0.05) is 48.0 Å². The van der Waals surface area contributed by atoms with Gasteiger partial charge in [-0.3, -0.25) is 0 Å². The minimum absolute atomic E-state index is 0.636. The molecule has 0 fully saturated rings. The topological polar surface area (TPSA) is 51.6 Å². The molecule has 0 atom stereocenters. The van der Waals surface area contributed by atoms with Crippen LogP contribution in [0.5, 0.6) is 0 Å². The third-order valence-corrected chi connectivity index (χ3v) is 13.9. The van der Waals surface area contributed by atoms with Crippen LogP contribution in [0.3, 0.4) is 0 Å². The van der Waals surface area contributed by atoms with E-state index in [0.717, 1.165) is 54.7 Å². The first-order chi connectivity index (χ1) is 30.7. The Morgan fingerprint density at radius 1 is 0.306 bits per heavy atom. The van der Waals surface area contributed by atoms with E-state index >= 15 is 0 Å². The molecule has 0 aliphatic rings. The van der Waals surface area contributed by atoms with E-state index in [1.165, 1.54) is 47.1 Å². The number of para-hydroxylation sites is 1. The van der Waals surface area contributed by atoms with Gasteiger partial charge < -0.3 is 0 Å². The molecular weight excluding hydrogens is 793 g/mol. The highest BCUT2D eigenvalue weighted by Crippen LogP contribution is 2.46. The molecule has 9 aromatic carbocycles. The van der Waals surface area contributed by atoms with Crippen molar-refractivity contribution in [1.29, 1.82) is 0 Å². The van der Waals surface area contributed by atoms with E-state index in [1.54, 1.807) is 11.3 Å². The van der Waals surface area contributed by atoms with Crippen molar-refractivity contribution in [1.82, 2.24) is 19.9 Å². The minimum atomic E-state index is 0.636. The van der Waals surface area contributed by atoms with E-state index in [1.807, 2.05) is 29.5 Å². The molecular formula is C56H34N4S2. The van der Waals surface area contributed by atoms with Gasteiger partial charge in [-0.1, -0.05) is 182 Å². The number of fused-ring (bicyclic) bond motifs is 5. The summed E-state index contributed by atoms with van der Waals surface area (Å²) in [5.74, 6) is 1.93. The van der Waals surface area contributed by atoms with Gasteiger partial charge in [-0.05, 0) is 62.9 Å². The Morgan fingerprint density at radius 2 is 0.855 bits per heavy atom. The molecule has 4 nitrogen and oxygen atoms in total. The van der Waals surface area contributed by atoms with Gasteiger partial charge >= 0.3 is 0 Å². The highest BCUT2D eigenvalue weighted by atomic mass is 32.1. The molecule has 0 unspecified atom stereocenters. The average Bonchev–Trinajstić information content (AvgIpc) is 3.97. The summed E-state index contributed by atoms with van der Waals surface area (Å²) >= 11 is 3.59. The van der Waals surface area contributed by atoms with E-state index in [-0.39, 0.29) is 0 Å². The lowest BCUT2D eigenvalue weighted by atomic mass is 9.96. The van der Waals surface area contributed by atoms with Crippen molar-refractivity contribution in [2.45, 2.75) is 0 Å². The Bertz CT molecular complexity index is 3640. The van der Waals surface area contributed by atoms with Gasteiger partial charge in [0.1, 0.15) is 5.01 Å². The number of thiophene rings is 1. The number of thiazole rings is 1. The van der Waals surface area contributed by atoms with Crippen LogP contribution in [-0.2, 0) is 0 Å². The SMILES string of the molecule is c1ccc(-c2cccc(-c3nc4c(-c5cccc6sc7c(-c8cccc(-c9nc(-c%10ccccc%10)nc(-c%10cccc%11ccccc%10%11)n9)c8)cccc7c56)cccc4s3)c2)cc1. The van der Waals surface area contributed by atoms with Crippen molar-refractivity contribution >= 4 is 63.8 Å². The molecule has 0 radical (unpaired) electrons. The second-order valence-electron chi connectivity index (χ2n) is 15.4. The number of rotatable bonds is 7. The van der Waals surface area contributed by atoms with Crippen LogP contribution in [-0.4, -0.2) is 19.9 Å². The molecule has 12 aromatic rings. The van der Waals surface area contributed by atoms with Gasteiger partial charge in [0.2, 0.25) is 0 Å². The van der Waals surface area contributed by atoms with E-state index in [9.17, 15) is 0 Å². The average molecular weight is 827 g/mol. The molecule has 0 spiro atoms. The minimum Gasteiger partial charge on any atom is -0.235 e. The second kappa shape index (κ2) is 15.1. The van der Waals surface area contributed by atoms with Gasteiger partial charge in [-0.25, -0.2) is 19.9 Å². The van der Waals surface area contributed by atoms with Crippen molar-refractivity contribution in [3.63, 3.8) is 0 Å². The summed E-state index contributed by atoms with van der Waals surface area (Å²) < 4.78 is 3.66. The fourth-order valence-corrected chi connectivity index (χ4v) is 10.9. The number of aromatic nitrogens is 4. The van der Waals surface area contributed by atoms with Gasteiger partial charge in [0.05, 0.1) is 10.2 Å². The smallest absolute Gasteiger partial charge is 0.164 e. The molecule has 0 amide bonds. The predicted molar refractivity (Wildman–Crippen MR) is 261 cm³/mol. The van der Waals surface area contributed by atoms with Crippen LogP contribution in [0.1, 0.15) is 0 Å². The summed E-state index contributed by atoms with van der Waals surface area (Å²) in [6, 6.07) is 72.7. The van der Waals surface area contributed by atoms with Crippen LogP contribution in [0.4, 0.5) is 0 Å². The van der Waals surface area contributed by atoms with Crippen LogP contribution in [0.25, 0.3) is 119 Å². The van der Waals surface area contributed by atoms with E-state index in [4.69, 9.17) is 19.9 Å². The molecule has 0 saturated heterocycles. The normalized spacial score (nSPS) is 11.5. The van der Waals surface area contributed by atoms with Crippen LogP contribution < -0.4 is 0 Å². The summed E-state index contributed by atoms with van der Waals surface area (Å²) in [4.78, 5) is 20.7. The van der Waals surface area contributed by atoms with Crippen molar-refractivity contribution < 1.29 is 0 Å². The monoisotopic (exact) mass is 826 g/mol. The van der Waals surface area contributed by atoms with E-state index in [0.29, 0.717) is 17.5 Å². The van der Waals surface area contributed by atoms with Gasteiger partial charge in [-0.15, -0.1) is 22.7 Å². The molecule has 0 saturated carbocycles. The van der Waals surface area contributed by atoms with Crippen molar-refractivity contribution in [2.24, 2.45) is 0 Å². The Kier molecular flexibility index (Phi) is 8.84. The standard InChI is InChI=1S/C56H34N4S2/c1-3-15-35(16-4-1)38-21-9-24-41(33-38)56-57-51-45(28-14-32-49(51)62-56)44-27-13-31-48-50(44)47-30-12-26-43(52(47)61-48)39-22-10-23-40(34-39)54-58-53(37-18-5-2-6-19-37)59-55(60-54)46-29-11-20-36-17-7-8-25-42(36)46/h1-34H. The molecule has 0 N–H and O–H groups in total. The third-order valence-electron chi connectivity index (χ3n) is 11.6. The predicted octanol–water partition coefficient (Wildman–Crippen LogP) is 15.7. The lowest BCUT2D eigenvalue weighted by Gasteiger charge is -2.11. The largest absolute Gasteiger partial charge is 0.235 e. The van der Waals surface area contributed by atoms with Crippen molar-refractivity contribution in [3.05, 3.63) is 206 Å². The lowest BCUT2D eigenvalue weighted by Crippen LogP contribution is -2.00. The summed E-state index contributed by atoms with van der Waals surface area (Å²) in [6.07, 6.45) is 0. The molecule has 12 rings (SSSR count). The Labute approximate surface area is 366 Å². The molecule has 0 aliphatic carbocycles. The zero-order valence-electron chi connectivity index (χ0n) is 33.2. The second-order valence-corrected chi connectivity index (χ2v) is 17.4. The zero-order chi connectivity index (χ0) is 41.0. The first kappa shape index (κ1) is 36.2. The molecule has 6 heteroatoms. The fourth-order valence-electron chi connectivity index (χ4n) is 8.64. The maximum absolute atomic E-state index is 5.34. The molecule has 62 heavy (non-hydrogen) atoms. The van der Waals surface area contributed by atoms with Gasteiger partial charge in [0.15, 0.2) is 17.5 Å². The number of nitrogens with zero attached hydrogens (tertiary/aromatic N) is 4. The summed E-state index contributed by atoms with van der Waals surface area (Å²) in [6.45, 7) is 0. The van der Waals surface area contributed by atoms with Gasteiger partial charge in [-0.2, -0.15) is 0 Å². The number of hydrogen-bond acceptors (Lipinski definition) is 6. The van der Waals surface area contributed by atoms with E-state index < -0.39 is 0 Å². The Morgan fingerprint density at radius 3 is 1.71 bits per heavy atom. The first-order valence-corrected chi connectivity index (χ1v) is 22.3. The maximum Gasteiger partial charge on any atom is 0.164 e. The van der Waals surface area contributed by atoms with Gasteiger partial charge in [0.25, 0.3) is 0 Å². The zero-order valence-corrected chi connectivity index (χ0v) is 34.9. The third kappa shape index (κ3) is 6.36. The number of hydrogen-bond donors (Lipinski definition) is 0. The van der Waals surface area contributed by atoms with E-state index in [2.05, 4.69) is 188 Å². The highest BCUT2D eigenvalue weighted by Gasteiger charge is 2.19. The number of benzene rings is 9. The molecule has 3 heterocycles. The Balaban J connectivity index is 0.968. The van der Waals surface area contributed by atoms with Crippen LogP contribution in [0.2, 0.25) is 0 Å². The molecule has 290 valence electrons. The lowest BCUT2D eigenvalue weighted by molar-refractivity contribution is 1.08. The summed E-state index contributed by atoms with van der Waals surface area (Å²) in [5.41, 5.74) is 12.0. The van der Waals surface area contributed by atoms with Crippen molar-refractivity contribution in [2.75, 3.05) is 0 Å². The first-order valence-electron chi connectivity index (χ1n) is 20.6. The van der Waals surface area contributed by atoms with Crippen LogP contribution >= 0.6 is 22.7 Å². The Hall–Kier alpha value is -7.64. The van der Waals surface area contributed by atoms with Crippen LogP contribution in [0.15, 0.2) is 206 Å². The quantitative estimate of drug-likeness (QED) is 0.161. The van der Waals surface area contributed by atoms with Crippen molar-refractivity contribution in [3.8, 4) is 78.1 Å². The maximum atomic E-state index is 5.34.